The van der Waals surface area contributed by atoms with Gasteiger partial charge in [-0.15, -0.1) is 0 Å². The Hall–Kier alpha value is -0.170. The lowest BCUT2D eigenvalue weighted by Gasteiger charge is -2.00. The number of aromatic amines is 1. The van der Waals surface area contributed by atoms with Gasteiger partial charge in [0.1, 0.15) is 0 Å². The molecule has 0 aliphatic carbocycles. The molecule has 0 spiro atoms. The van der Waals surface area contributed by atoms with Gasteiger partial charge in [-0.25, -0.2) is 0 Å². The maximum absolute atomic E-state index is 4.27. The van der Waals surface area contributed by atoms with Crippen LogP contribution in [0.2, 0.25) is 0 Å². The maximum atomic E-state index is 4.27. The number of nitrogens with zero attached hydrogens (tertiary/aromatic N) is 1. The van der Waals surface area contributed by atoms with Crippen LogP contribution >= 0.6 is 23.5 Å². The van der Waals surface area contributed by atoms with E-state index in [1.807, 2.05) is 23.5 Å². The van der Waals surface area contributed by atoms with Gasteiger partial charge in [0.25, 0.3) is 0 Å². The largest absolute Gasteiger partial charge is 0.310 e. The highest BCUT2D eigenvalue weighted by Crippen LogP contribution is 1.99. The Morgan fingerprint density at radius 2 is 1.76 bits per heavy atom. The van der Waals surface area contributed by atoms with Crippen LogP contribution in [-0.4, -0.2) is 47.3 Å². The summed E-state index contributed by atoms with van der Waals surface area (Å²) in [5.41, 5.74) is 2.25. The van der Waals surface area contributed by atoms with E-state index in [9.17, 15) is 0 Å². The van der Waals surface area contributed by atoms with Crippen molar-refractivity contribution in [3.05, 3.63) is 17.5 Å². The molecule has 0 unspecified atom stereocenters. The molecule has 0 amide bonds. The van der Waals surface area contributed by atoms with Gasteiger partial charge in [-0.1, -0.05) is 0 Å². The summed E-state index contributed by atoms with van der Waals surface area (Å²) in [6, 6.07) is 2.12. The third kappa shape index (κ3) is 6.98. The van der Waals surface area contributed by atoms with Gasteiger partial charge in [0.2, 0.25) is 0 Å². The van der Waals surface area contributed by atoms with Gasteiger partial charge >= 0.3 is 0 Å². The quantitative estimate of drug-likeness (QED) is 0.562. The summed E-state index contributed by atoms with van der Waals surface area (Å²) < 4.78 is 0. The first kappa shape index (κ1) is 14.9. The van der Waals surface area contributed by atoms with E-state index in [2.05, 4.69) is 39.4 Å². The van der Waals surface area contributed by atoms with Crippen LogP contribution in [0, 0.1) is 0 Å². The van der Waals surface area contributed by atoms with Crippen LogP contribution in [0.3, 0.4) is 0 Å². The van der Waals surface area contributed by atoms with E-state index in [0.29, 0.717) is 0 Å². The first-order valence-electron chi connectivity index (χ1n) is 5.79. The zero-order chi connectivity index (χ0) is 12.3. The maximum Gasteiger partial charge on any atom is 0.0763 e. The molecule has 6 heteroatoms. The van der Waals surface area contributed by atoms with Crippen molar-refractivity contribution in [2.45, 2.75) is 13.1 Å². The number of nitrogens with one attached hydrogen (secondary N) is 3. The van der Waals surface area contributed by atoms with E-state index in [4.69, 9.17) is 0 Å². The minimum atomic E-state index is 0.849. The monoisotopic (exact) mass is 274 g/mol. The Bertz CT molecular complexity index is 264. The first-order valence-corrected chi connectivity index (χ1v) is 8.58. The summed E-state index contributed by atoms with van der Waals surface area (Å²) in [6.45, 7) is 3.80. The summed E-state index contributed by atoms with van der Waals surface area (Å²) in [7, 11) is 0. The molecule has 0 saturated heterocycles. The van der Waals surface area contributed by atoms with Crippen LogP contribution in [0.15, 0.2) is 6.07 Å². The number of H-pyrrole nitrogens is 1. The van der Waals surface area contributed by atoms with Crippen LogP contribution in [-0.2, 0) is 13.1 Å². The lowest BCUT2D eigenvalue weighted by Crippen LogP contribution is -2.17. The molecule has 0 aromatic carbocycles. The molecule has 0 radical (unpaired) electrons. The SMILES string of the molecule is CSCCNCc1cc(CNCCSC)[nH]n1. The summed E-state index contributed by atoms with van der Waals surface area (Å²) >= 11 is 3.71. The van der Waals surface area contributed by atoms with Crippen molar-refractivity contribution < 1.29 is 0 Å². The normalized spacial score (nSPS) is 10.9. The van der Waals surface area contributed by atoms with E-state index >= 15 is 0 Å². The summed E-state index contributed by atoms with van der Waals surface area (Å²) in [6.07, 6.45) is 4.24. The molecule has 1 rings (SSSR count). The predicted molar refractivity (Wildman–Crippen MR) is 78.8 cm³/mol. The van der Waals surface area contributed by atoms with E-state index in [1.165, 1.54) is 0 Å². The molecule has 0 aliphatic heterocycles. The van der Waals surface area contributed by atoms with Gasteiger partial charge in [-0.3, -0.25) is 5.10 Å². The zero-order valence-corrected chi connectivity index (χ0v) is 12.2. The molecule has 98 valence electrons. The summed E-state index contributed by atoms with van der Waals surface area (Å²) in [4.78, 5) is 0. The van der Waals surface area contributed by atoms with Crippen molar-refractivity contribution in [3.63, 3.8) is 0 Å². The second-order valence-electron chi connectivity index (χ2n) is 3.72. The van der Waals surface area contributed by atoms with Gasteiger partial charge in [-0.05, 0) is 18.6 Å². The molecule has 1 aromatic rings. The summed E-state index contributed by atoms with van der Waals surface area (Å²) in [5.74, 6) is 2.30. The van der Waals surface area contributed by atoms with Crippen LogP contribution in [0.1, 0.15) is 11.4 Å². The average Bonchev–Trinajstić information content (AvgIpc) is 2.78. The Kier molecular flexibility index (Phi) is 8.60. The van der Waals surface area contributed by atoms with Gasteiger partial charge < -0.3 is 10.6 Å². The molecule has 1 heterocycles. The Labute approximate surface area is 112 Å². The highest BCUT2D eigenvalue weighted by Gasteiger charge is 2.00. The average molecular weight is 274 g/mol. The lowest BCUT2D eigenvalue weighted by atomic mass is 10.3. The molecular weight excluding hydrogens is 252 g/mol. The van der Waals surface area contributed by atoms with Crippen molar-refractivity contribution in [1.29, 1.82) is 0 Å². The third-order valence-corrected chi connectivity index (χ3v) is 3.50. The Morgan fingerprint density at radius 1 is 1.12 bits per heavy atom. The molecule has 0 bridgehead atoms. The van der Waals surface area contributed by atoms with Crippen molar-refractivity contribution >= 4 is 23.5 Å². The van der Waals surface area contributed by atoms with Crippen LogP contribution in [0.5, 0.6) is 0 Å². The fourth-order valence-corrected chi connectivity index (χ4v) is 2.08. The van der Waals surface area contributed by atoms with Crippen LogP contribution < -0.4 is 10.6 Å². The minimum absolute atomic E-state index is 0.849. The van der Waals surface area contributed by atoms with Gasteiger partial charge in [0.05, 0.1) is 5.69 Å². The molecule has 0 saturated carbocycles. The molecule has 0 aliphatic rings. The highest BCUT2D eigenvalue weighted by molar-refractivity contribution is 7.98. The van der Waals surface area contributed by atoms with Gasteiger partial charge in [0, 0.05) is 43.4 Å². The van der Waals surface area contributed by atoms with E-state index in [0.717, 1.165) is 49.1 Å². The van der Waals surface area contributed by atoms with E-state index < -0.39 is 0 Å². The van der Waals surface area contributed by atoms with Gasteiger partial charge in [-0.2, -0.15) is 28.6 Å². The number of hydrogen-bond donors (Lipinski definition) is 3. The Morgan fingerprint density at radius 3 is 2.41 bits per heavy atom. The number of thioether (sulfide) groups is 2. The molecule has 0 atom stereocenters. The Balaban J connectivity index is 2.14. The minimum Gasteiger partial charge on any atom is -0.310 e. The standard InChI is InChI=1S/C11H22N4S2/c1-16-5-3-12-8-10-7-11(15-14-10)9-13-4-6-17-2/h7,12-13H,3-6,8-9H2,1-2H3,(H,14,15). The topological polar surface area (TPSA) is 52.7 Å². The van der Waals surface area contributed by atoms with E-state index in [1.54, 1.807) is 0 Å². The fourth-order valence-electron chi connectivity index (χ4n) is 1.38. The predicted octanol–water partition coefficient (Wildman–Crippen LogP) is 1.31. The molecule has 1 aromatic heterocycles. The second-order valence-corrected chi connectivity index (χ2v) is 5.69. The van der Waals surface area contributed by atoms with Crippen molar-refractivity contribution in [3.8, 4) is 0 Å². The molecular formula is C11H22N4S2. The van der Waals surface area contributed by atoms with Crippen molar-refractivity contribution in [2.24, 2.45) is 0 Å². The molecule has 4 nitrogen and oxygen atoms in total. The molecule has 3 N–H and O–H groups in total. The third-order valence-electron chi connectivity index (χ3n) is 2.27. The number of rotatable bonds is 10. The number of hydrogen-bond acceptors (Lipinski definition) is 5. The second kappa shape index (κ2) is 9.82. The van der Waals surface area contributed by atoms with Crippen LogP contribution in [0.25, 0.3) is 0 Å². The molecule has 0 fully saturated rings. The molecule has 17 heavy (non-hydrogen) atoms. The zero-order valence-electron chi connectivity index (χ0n) is 10.6. The highest BCUT2D eigenvalue weighted by atomic mass is 32.2. The lowest BCUT2D eigenvalue weighted by molar-refractivity contribution is 0.706. The van der Waals surface area contributed by atoms with E-state index in [-0.39, 0.29) is 0 Å². The van der Waals surface area contributed by atoms with Crippen LogP contribution in [0.4, 0.5) is 0 Å². The van der Waals surface area contributed by atoms with Crippen molar-refractivity contribution in [2.75, 3.05) is 37.1 Å². The number of aromatic nitrogens is 2. The summed E-state index contributed by atoms with van der Waals surface area (Å²) in [5, 5.41) is 14.1. The smallest absolute Gasteiger partial charge is 0.0763 e. The van der Waals surface area contributed by atoms with Crippen molar-refractivity contribution in [1.82, 2.24) is 20.8 Å². The van der Waals surface area contributed by atoms with Gasteiger partial charge in [0.15, 0.2) is 0 Å². The fraction of sp³-hybridized carbons (Fsp3) is 0.727. The first-order chi connectivity index (χ1) is 8.36.